The summed E-state index contributed by atoms with van der Waals surface area (Å²) in [6, 6.07) is 11.8. The predicted octanol–water partition coefficient (Wildman–Crippen LogP) is 3.04. The second kappa shape index (κ2) is 7.33. The number of amides is 1. The van der Waals surface area contributed by atoms with Crippen LogP contribution in [0.4, 0.5) is 10.1 Å². The lowest BCUT2D eigenvalue weighted by Gasteiger charge is -2.31. The summed E-state index contributed by atoms with van der Waals surface area (Å²) in [6.45, 7) is 2.14. The van der Waals surface area contributed by atoms with Gasteiger partial charge in [0.05, 0.1) is 6.54 Å². The molecule has 0 aliphatic carbocycles. The number of rotatable bonds is 4. The molecule has 120 valence electrons. The molecule has 4 nitrogen and oxygen atoms in total. The first-order valence-corrected chi connectivity index (χ1v) is 7.89. The summed E-state index contributed by atoms with van der Waals surface area (Å²) in [4.78, 5) is 18.6. The lowest BCUT2D eigenvalue weighted by molar-refractivity contribution is -0.117. The molecule has 3 rings (SSSR count). The van der Waals surface area contributed by atoms with Crippen molar-refractivity contribution < 1.29 is 9.18 Å². The van der Waals surface area contributed by atoms with E-state index >= 15 is 0 Å². The second-order valence-corrected chi connectivity index (χ2v) is 5.86. The molecule has 1 amide bonds. The van der Waals surface area contributed by atoms with E-state index in [0.717, 1.165) is 31.6 Å². The van der Waals surface area contributed by atoms with E-state index in [2.05, 4.69) is 21.3 Å². The Morgan fingerprint density at radius 3 is 2.57 bits per heavy atom. The van der Waals surface area contributed by atoms with Crippen molar-refractivity contribution in [3.05, 3.63) is 60.2 Å². The third-order valence-corrected chi connectivity index (χ3v) is 4.19. The first-order valence-electron chi connectivity index (χ1n) is 7.89. The maximum absolute atomic E-state index is 12.8. The van der Waals surface area contributed by atoms with Crippen molar-refractivity contribution in [3.8, 4) is 0 Å². The van der Waals surface area contributed by atoms with Gasteiger partial charge in [-0.2, -0.15) is 0 Å². The molecule has 2 heterocycles. The highest BCUT2D eigenvalue weighted by Crippen LogP contribution is 2.26. The van der Waals surface area contributed by atoms with Crippen molar-refractivity contribution in [2.75, 3.05) is 25.0 Å². The zero-order valence-electron chi connectivity index (χ0n) is 12.9. The zero-order valence-corrected chi connectivity index (χ0v) is 12.9. The number of piperidine rings is 1. The van der Waals surface area contributed by atoms with E-state index in [4.69, 9.17) is 0 Å². The molecule has 1 aliphatic heterocycles. The SMILES string of the molecule is O=C(CN1CCC(c2ccccn2)CC1)Nc1ccc(F)cc1. The highest BCUT2D eigenvalue weighted by molar-refractivity contribution is 5.92. The minimum Gasteiger partial charge on any atom is -0.325 e. The van der Waals surface area contributed by atoms with Gasteiger partial charge in [0, 0.05) is 23.5 Å². The van der Waals surface area contributed by atoms with Crippen LogP contribution in [0.25, 0.3) is 0 Å². The highest BCUT2D eigenvalue weighted by atomic mass is 19.1. The molecule has 1 saturated heterocycles. The van der Waals surface area contributed by atoms with Crippen molar-refractivity contribution in [2.24, 2.45) is 0 Å². The summed E-state index contributed by atoms with van der Waals surface area (Å²) < 4.78 is 12.8. The van der Waals surface area contributed by atoms with Crippen LogP contribution in [-0.2, 0) is 4.79 Å². The Kier molecular flexibility index (Phi) is 4.98. The number of pyridine rings is 1. The summed E-state index contributed by atoms with van der Waals surface area (Å²) in [6.07, 6.45) is 3.86. The van der Waals surface area contributed by atoms with E-state index in [-0.39, 0.29) is 11.7 Å². The third kappa shape index (κ3) is 4.36. The van der Waals surface area contributed by atoms with Gasteiger partial charge in [-0.15, -0.1) is 0 Å². The van der Waals surface area contributed by atoms with Gasteiger partial charge in [-0.05, 0) is 62.3 Å². The number of halogens is 1. The number of nitrogens with zero attached hydrogens (tertiary/aromatic N) is 2. The maximum Gasteiger partial charge on any atom is 0.238 e. The molecule has 1 aromatic carbocycles. The lowest BCUT2D eigenvalue weighted by Crippen LogP contribution is -2.38. The van der Waals surface area contributed by atoms with Crippen LogP contribution in [0.2, 0.25) is 0 Å². The van der Waals surface area contributed by atoms with Gasteiger partial charge in [0.2, 0.25) is 5.91 Å². The molecule has 1 fully saturated rings. The molecule has 23 heavy (non-hydrogen) atoms. The Hall–Kier alpha value is -2.27. The largest absolute Gasteiger partial charge is 0.325 e. The second-order valence-electron chi connectivity index (χ2n) is 5.86. The van der Waals surface area contributed by atoms with Crippen molar-refractivity contribution in [3.63, 3.8) is 0 Å². The van der Waals surface area contributed by atoms with Gasteiger partial charge in [-0.1, -0.05) is 6.07 Å². The number of anilines is 1. The molecule has 0 unspecified atom stereocenters. The molecule has 0 radical (unpaired) electrons. The summed E-state index contributed by atoms with van der Waals surface area (Å²) in [5.41, 5.74) is 1.77. The maximum atomic E-state index is 12.8. The first kappa shape index (κ1) is 15.6. The minimum absolute atomic E-state index is 0.0621. The number of likely N-dealkylation sites (tertiary alicyclic amines) is 1. The molecule has 0 spiro atoms. The van der Waals surface area contributed by atoms with Crippen LogP contribution >= 0.6 is 0 Å². The number of carbonyl (C=O) groups is 1. The minimum atomic E-state index is -0.306. The van der Waals surface area contributed by atoms with Crippen LogP contribution in [-0.4, -0.2) is 35.4 Å². The molecule has 1 aromatic heterocycles. The fourth-order valence-corrected chi connectivity index (χ4v) is 2.94. The van der Waals surface area contributed by atoms with Gasteiger partial charge in [0.1, 0.15) is 5.82 Å². The van der Waals surface area contributed by atoms with E-state index in [1.165, 1.54) is 12.1 Å². The smallest absolute Gasteiger partial charge is 0.238 e. The van der Waals surface area contributed by atoms with Crippen LogP contribution < -0.4 is 5.32 Å². The van der Waals surface area contributed by atoms with Crippen molar-refractivity contribution in [2.45, 2.75) is 18.8 Å². The van der Waals surface area contributed by atoms with Crippen LogP contribution in [0.15, 0.2) is 48.7 Å². The van der Waals surface area contributed by atoms with Crippen molar-refractivity contribution in [1.82, 2.24) is 9.88 Å². The number of hydrogen-bond acceptors (Lipinski definition) is 3. The van der Waals surface area contributed by atoms with Gasteiger partial charge in [0.15, 0.2) is 0 Å². The van der Waals surface area contributed by atoms with E-state index in [1.807, 2.05) is 18.3 Å². The highest BCUT2D eigenvalue weighted by Gasteiger charge is 2.22. The molecule has 0 atom stereocenters. The fraction of sp³-hybridized carbons (Fsp3) is 0.333. The predicted molar refractivity (Wildman–Crippen MR) is 87.7 cm³/mol. The molecule has 0 saturated carbocycles. The van der Waals surface area contributed by atoms with Gasteiger partial charge in [0.25, 0.3) is 0 Å². The Bertz CT molecular complexity index is 637. The Morgan fingerprint density at radius 1 is 1.17 bits per heavy atom. The summed E-state index contributed by atoms with van der Waals surface area (Å²) in [5.74, 6) is 0.111. The molecule has 0 bridgehead atoms. The zero-order chi connectivity index (χ0) is 16.1. The normalized spacial score (nSPS) is 16.2. The van der Waals surface area contributed by atoms with Crippen LogP contribution in [0.1, 0.15) is 24.5 Å². The van der Waals surface area contributed by atoms with Crippen LogP contribution in [0.3, 0.4) is 0 Å². The number of aromatic nitrogens is 1. The van der Waals surface area contributed by atoms with Crippen molar-refractivity contribution in [1.29, 1.82) is 0 Å². The van der Waals surface area contributed by atoms with Gasteiger partial charge < -0.3 is 5.32 Å². The first-order chi connectivity index (χ1) is 11.2. The van der Waals surface area contributed by atoms with E-state index in [0.29, 0.717) is 18.2 Å². The van der Waals surface area contributed by atoms with Crippen LogP contribution in [0.5, 0.6) is 0 Å². The summed E-state index contributed by atoms with van der Waals surface area (Å²) in [5, 5.41) is 2.80. The average molecular weight is 313 g/mol. The van der Waals surface area contributed by atoms with Crippen molar-refractivity contribution >= 4 is 11.6 Å². The van der Waals surface area contributed by atoms with E-state index < -0.39 is 0 Å². The summed E-state index contributed by atoms with van der Waals surface area (Å²) in [7, 11) is 0. The average Bonchev–Trinajstić information content (AvgIpc) is 2.58. The van der Waals surface area contributed by atoms with Crippen LogP contribution in [0, 0.1) is 5.82 Å². The molecular formula is C18H20FN3O. The molecule has 2 aromatic rings. The fourth-order valence-electron chi connectivity index (χ4n) is 2.94. The standard InChI is InChI=1S/C18H20FN3O/c19-15-4-6-16(7-5-15)21-18(23)13-22-11-8-14(9-12-22)17-3-1-2-10-20-17/h1-7,10,14H,8-9,11-13H2,(H,21,23). The molecule has 1 N–H and O–H groups in total. The quantitative estimate of drug-likeness (QED) is 0.943. The Labute approximate surface area is 135 Å². The molecule has 1 aliphatic rings. The van der Waals surface area contributed by atoms with E-state index in [1.54, 1.807) is 12.1 Å². The van der Waals surface area contributed by atoms with Gasteiger partial charge in [-0.25, -0.2) is 4.39 Å². The Balaban J connectivity index is 1.47. The number of benzene rings is 1. The molecular weight excluding hydrogens is 293 g/mol. The molecule has 5 heteroatoms. The van der Waals surface area contributed by atoms with Gasteiger partial charge in [-0.3, -0.25) is 14.7 Å². The Morgan fingerprint density at radius 2 is 1.91 bits per heavy atom. The van der Waals surface area contributed by atoms with E-state index in [9.17, 15) is 9.18 Å². The number of hydrogen-bond donors (Lipinski definition) is 1. The summed E-state index contributed by atoms with van der Waals surface area (Å²) >= 11 is 0. The third-order valence-electron chi connectivity index (χ3n) is 4.19. The lowest BCUT2D eigenvalue weighted by atomic mass is 9.93. The monoisotopic (exact) mass is 313 g/mol. The topological polar surface area (TPSA) is 45.2 Å². The number of nitrogens with one attached hydrogen (secondary N) is 1. The van der Waals surface area contributed by atoms with Gasteiger partial charge >= 0.3 is 0 Å². The number of carbonyl (C=O) groups excluding carboxylic acids is 1.